The molecule has 2 heteroatoms. The third-order valence-electron chi connectivity index (χ3n) is 1.02. The Labute approximate surface area is 41.1 Å². The maximum atomic E-state index is 5.17. The van der Waals surface area contributed by atoms with E-state index in [1.165, 1.54) is 12.8 Å². The second-order valence-electron chi connectivity index (χ2n) is 1.64. The van der Waals surface area contributed by atoms with E-state index in [4.69, 9.17) is 4.74 Å². The number of rotatable bonds is 0. The number of ether oxygens (including phenoxy) is 1. The van der Waals surface area contributed by atoms with Gasteiger partial charge in [0, 0.05) is 22.6 Å². The van der Waals surface area contributed by atoms with Gasteiger partial charge in [0.1, 0.15) is 0 Å². The lowest BCUT2D eigenvalue weighted by molar-refractivity contribution is 0.168. The second kappa shape index (κ2) is 1.75. The molecule has 0 aromatic carbocycles. The standard InChI is InChI=1S/C4H9OSi/c6-4-2-1-3-5-4/h4H,1-3,6H2. The highest BCUT2D eigenvalue weighted by Crippen LogP contribution is 2.06. The first-order valence-corrected chi connectivity index (χ1v) is 3.16. The molecule has 0 aliphatic carbocycles. The molecule has 1 rings (SSSR count). The zero-order valence-corrected chi connectivity index (χ0v) is 5.23. The molecular formula is C4H9OSi. The predicted molar refractivity (Wildman–Crippen MR) is 27.5 cm³/mol. The molecule has 1 nitrogen and oxygen atoms in total. The first-order chi connectivity index (χ1) is 2.89. The molecule has 1 aliphatic rings. The van der Waals surface area contributed by atoms with Crippen LogP contribution in [-0.2, 0) is 4.74 Å². The summed E-state index contributed by atoms with van der Waals surface area (Å²) in [6.45, 7) is 0.994. The number of hydrogen-bond acceptors (Lipinski definition) is 1. The molecule has 1 saturated heterocycles. The molecular weight excluding hydrogens is 92.1 g/mol. The van der Waals surface area contributed by atoms with Crippen molar-refractivity contribution in [2.45, 2.75) is 18.6 Å². The third kappa shape index (κ3) is 0.818. The summed E-state index contributed by atoms with van der Waals surface area (Å²) in [5.74, 6) is 0. The van der Waals surface area contributed by atoms with Gasteiger partial charge in [-0.15, -0.1) is 0 Å². The van der Waals surface area contributed by atoms with Gasteiger partial charge < -0.3 is 4.74 Å². The monoisotopic (exact) mass is 101 g/mol. The van der Waals surface area contributed by atoms with Crippen LogP contribution < -0.4 is 0 Å². The molecule has 1 fully saturated rings. The largest absolute Gasteiger partial charge is 0.383 e. The minimum Gasteiger partial charge on any atom is -0.383 e. The molecule has 1 aliphatic heterocycles. The van der Waals surface area contributed by atoms with Crippen molar-refractivity contribution in [2.75, 3.05) is 6.61 Å². The van der Waals surface area contributed by atoms with Gasteiger partial charge in [-0.3, -0.25) is 0 Å². The van der Waals surface area contributed by atoms with Gasteiger partial charge in [-0.2, -0.15) is 0 Å². The lowest BCUT2D eigenvalue weighted by Gasteiger charge is -1.94. The molecule has 35 valence electrons. The summed E-state index contributed by atoms with van der Waals surface area (Å²) in [6.07, 6.45) is 2.55. The average molecular weight is 101 g/mol. The summed E-state index contributed by atoms with van der Waals surface area (Å²) in [6, 6.07) is 0. The van der Waals surface area contributed by atoms with E-state index in [1.807, 2.05) is 10.2 Å². The summed E-state index contributed by atoms with van der Waals surface area (Å²) in [5.41, 5.74) is 0.574. The lowest BCUT2D eigenvalue weighted by atomic mass is 10.4. The van der Waals surface area contributed by atoms with E-state index in [9.17, 15) is 0 Å². The van der Waals surface area contributed by atoms with Gasteiger partial charge in [-0.1, -0.05) is 0 Å². The molecule has 6 heavy (non-hydrogen) atoms. The zero-order valence-electron chi connectivity index (χ0n) is 3.81. The summed E-state index contributed by atoms with van der Waals surface area (Å²) in [4.78, 5) is 0. The zero-order chi connectivity index (χ0) is 4.41. The highest BCUT2D eigenvalue weighted by atomic mass is 28.1. The van der Waals surface area contributed by atoms with Gasteiger partial charge in [0.2, 0.25) is 0 Å². The van der Waals surface area contributed by atoms with E-state index >= 15 is 0 Å². The molecule has 0 spiro atoms. The Balaban J connectivity index is 2.18. The van der Waals surface area contributed by atoms with Gasteiger partial charge in [0.15, 0.2) is 0 Å². The van der Waals surface area contributed by atoms with Gasteiger partial charge in [-0.25, -0.2) is 0 Å². The van der Waals surface area contributed by atoms with Crippen LogP contribution in [0.2, 0.25) is 0 Å². The van der Waals surface area contributed by atoms with Gasteiger partial charge >= 0.3 is 0 Å². The van der Waals surface area contributed by atoms with Crippen LogP contribution in [0.4, 0.5) is 0 Å². The van der Waals surface area contributed by atoms with Crippen molar-refractivity contribution in [2.24, 2.45) is 0 Å². The van der Waals surface area contributed by atoms with Gasteiger partial charge in [-0.05, 0) is 12.8 Å². The predicted octanol–water partition coefficient (Wildman–Crippen LogP) is -0.244. The Morgan fingerprint density at radius 2 is 2.50 bits per heavy atom. The minimum absolute atomic E-state index is 0.574. The lowest BCUT2D eigenvalue weighted by Crippen LogP contribution is -2.01. The molecule has 1 radical (unpaired) electrons. The quantitative estimate of drug-likeness (QED) is 0.382. The summed E-state index contributed by atoms with van der Waals surface area (Å²) in [5, 5.41) is 0. The molecule has 1 atom stereocenters. The van der Waals surface area contributed by atoms with Crippen molar-refractivity contribution in [3.63, 3.8) is 0 Å². The average Bonchev–Trinajstić information content (AvgIpc) is 1.86. The van der Waals surface area contributed by atoms with Crippen LogP contribution in [0.15, 0.2) is 0 Å². The molecule has 0 aromatic rings. The van der Waals surface area contributed by atoms with Gasteiger partial charge in [0.05, 0.1) is 0 Å². The van der Waals surface area contributed by atoms with Crippen LogP contribution in [0.5, 0.6) is 0 Å². The Hall–Kier alpha value is 0.177. The summed E-state index contributed by atoms with van der Waals surface area (Å²) in [7, 11) is 1.94. The van der Waals surface area contributed by atoms with E-state index in [2.05, 4.69) is 0 Å². The fraction of sp³-hybridized carbons (Fsp3) is 1.00. The first kappa shape index (κ1) is 4.34. The van der Waals surface area contributed by atoms with Crippen LogP contribution in [0.1, 0.15) is 12.8 Å². The maximum Gasteiger partial charge on any atom is 0.0467 e. The van der Waals surface area contributed by atoms with Crippen LogP contribution in [0.3, 0.4) is 0 Å². The van der Waals surface area contributed by atoms with Crippen molar-refractivity contribution in [1.82, 2.24) is 0 Å². The second-order valence-corrected chi connectivity index (χ2v) is 2.55. The smallest absolute Gasteiger partial charge is 0.0467 e. The van der Waals surface area contributed by atoms with E-state index < -0.39 is 0 Å². The van der Waals surface area contributed by atoms with Crippen molar-refractivity contribution >= 4 is 10.2 Å². The van der Waals surface area contributed by atoms with E-state index in [0.29, 0.717) is 5.73 Å². The molecule has 1 heterocycles. The van der Waals surface area contributed by atoms with Crippen molar-refractivity contribution in [1.29, 1.82) is 0 Å². The van der Waals surface area contributed by atoms with Crippen molar-refractivity contribution in [3.8, 4) is 0 Å². The molecule has 0 N–H and O–H groups in total. The number of hydrogen-bond donors (Lipinski definition) is 0. The van der Waals surface area contributed by atoms with Crippen LogP contribution >= 0.6 is 0 Å². The fourth-order valence-electron chi connectivity index (χ4n) is 0.644. The van der Waals surface area contributed by atoms with Crippen molar-refractivity contribution < 1.29 is 4.74 Å². The Morgan fingerprint density at radius 1 is 1.67 bits per heavy atom. The van der Waals surface area contributed by atoms with E-state index in [-0.39, 0.29) is 0 Å². The normalized spacial score (nSPS) is 34.5. The first-order valence-electron chi connectivity index (χ1n) is 2.34. The summed E-state index contributed by atoms with van der Waals surface area (Å²) < 4.78 is 5.17. The van der Waals surface area contributed by atoms with E-state index in [0.717, 1.165) is 6.61 Å². The van der Waals surface area contributed by atoms with Crippen molar-refractivity contribution in [3.05, 3.63) is 0 Å². The third-order valence-corrected chi connectivity index (χ3v) is 1.67. The highest BCUT2D eigenvalue weighted by Gasteiger charge is 2.07. The Bertz CT molecular complexity index is 40.8. The molecule has 0 amide bonds. The molecule has 0 saturated carbocycles. The Kier molecular flexibility index (Phi) is 1.27. The molecule has 0 bridgehead atoms. The van der Waals surface area contributed by atoms with Gasteiger partial charge in [0.25, 0.3) is 0 Å². The van der Waals surface area contributed by atoms with Crippen LogP contribution in [0, 0.1) is 0 Å². The van der Waals surface area contributed by atoms with E-state index in [1.54, 1.807) is 0 Å². The molecule has 0 aromatic heterocycles. The van der Waals surface area contributed by atoms with Crippen LogP contribution in [-0.4, -0.2) is 22.6 Å². The fourth-order valence-corrected chi connectivity index (χ4v) is 1.10. The molecule has 1 unspecified atom stereocenters. The topological polar surface area (TPSA) is 9.23 Å². The maximum absolute atomic E-state index is 5.17. The van der Waals surface area contributed by atoms with Crippen LogP contribution in [0.25, 0.3) is 0 Å². The minimum atomic E-state index is 0.574. The SMILES string of the molecule is [SiH2]C1CCCO1. The summed E-state index contributed by atoms with van der Waals surface area (Å²) >= 11 is 0. The highest BCUT2D eigenvalue weighted by molar-refractivity contribution is 6.11. The Morgan fingerprint density at radius 3 is 2.67 bits per heavy atom.